The predicted octanol–water partition coefficient (Wildman–Crippen LogP) is 3.75. The maximum atomic E-state index is 11.9. The number of thioether (sulfide) groups is 1. The van der Waals surface area contributed by atoms with E-state index in [9.17, 15) is 9.59 Å². The summed E-state index contributed by atoms with van der Waals surface area (Å²) in [4.78, 5) is 30.1. The van der Waals surface area contributed by atoms with Crippen molar-refractivity contribution in [3.8, 4) is 0 Å². The predicted molar refractivity (Wildman–Crippen MR) is 117 cm³/mol. The van der Waals surface area contributed by atoms with E-state index in [2.05, 4.69) is 10.6 Å². The molecule has 1 aliphatic rings. The second-order valence-electron chi connectivity index (χ2n) is 7.05. The first-order valence-corrected chi connectivity index (χ1v) is 11.8. The summed E-state index contributed by atoms with van der Waals surface area (Å²) in [5.74, 6) is 0.460. The van der Waals surface area contributed by atoms with Crippen molar-refractivity contribution in [2.45, 2.75) is 45.4 Å². The molecule has 0 saturated carbocycles. The number of aryl methyl sites for hydroxylation is 4. The molecule has 0 bridgehead atoms. The number of hydrogen-bond donors (Lipinski definition) is 2. The Labute approximate surface area is 174 Å². The fraction of sp³-hybridized carbons (Fsp3) is 0.476. The third kappa shape index (κ3) is 6.63. The van der Waals surface area contributed by atoms with Gasteiger partial charge in [-0.1, -0.05) is 12.1 Å². The average molecular weight is 418 g/mol. The first kappa shape index (κ1) is 20.9. The van der Waals surface area contributed by atoms with Crippen LogP contribution in [-0.4, -0.2) is 34.8 Å². The Morgan fingerprint density at radius 1 is 1.18 bits per heavy atom. The smallest absolute Gasteiger partial charge is 0.234 e. The van der Waals surface area contributed by atoms with Crippen molar-refractivity contribution in [1.82, 2.24) is 10.3 Å². The molecule has 7 heteroatoms. The van der Waals surface area contributed by atoms with E-state index >= 15 is 0 Å². The highest BCUT2D eigenvalue weighted by Crippen LogP contribution is 2.27. The van der Waals surface area contributed by atoms with E-state index in [1.807, 2.05) is 42.5 Å². The van der Waals surface area contributed by atoms with Crippen LogP contribution in [0.25, 0.3) is 0 Å². The lowest BCUT2D eigenvalue weighted by Crippen LogP contribution is -2.27. The van der Waals surface area contributed by atoms with Crippen LogP contribution in [0.5, 0.6) is 0 Å². The number of nitrogens with zero attached hydrogens (tertiary/aromatic N) is 1. The van der Waals surface area contributed by atoms with Crippen LogP contribution in [-0.2, 0) is 28.9 Å². The highest BCUT2D eigenvalue weighted by molar-refractivity contribution is 8.00. The molecule has 2 amide bonds. The van der Waals surface area contributed by atoms with Crippen LogP contribution in [0.3, 0.4) is 0 Å². The number of rotatable bonds is 9. The molecule has 0 unspecified atom stereocenters. The number of aromatic nitrogens is 1. The quantitative estimate of drug-likeness (QED) is 0.610. The van der Waals surface area contributed by atoms with Crippen molar-refractivity contribution in [2.75, 3.05) is 23.4 Å². The second kappa shape index (κ2) is 10.6. The lowest BCUT2D eigenvalue weighted by molar-refractivity contribution is -0.118. The Hall–Kier alpha value is -1.86. The monoisotopic (exact) mass is 417 g/mol. The van der Waals surface area contributed by atoms with Crippen LogP contribution in [0, 0.1) is 6.92 Å². The number of fused-ring (bicyclic) bond motifs is 1. The Balaban J connectivity index is 1.26. The maximum absolute atomic E-state index is 11.9. The summed E-state index contributed by atoms with van der Waals surface area (Å²) in [5, 5.41) is 6.98. The first-order chi connectivity index (χ1) is 13.6. The molecule has 28 heavy (non-hydrogen) atoms. The lowest BCUT2D eigenvalue weighted by atomic mass is 10.0. The fourth-order valence-corrected chi connectivity index (χ4v) is 5.03. The summed E-state index contributed by atoms with van der Waals surface area (Å²) in [5.41, 5.74) is 3.19. The first-order valence-electron chi connectivity index (χ1n) is 9.78. The standard InChI is InChI=1S/C21H27N3O2S2/c1-15-6-4-7-16(12-15)23-20(26)14-27-13-19(25)22-11-5-10-21-24-17-8-2-3-9-18(17)28-21/h4,6-7,12H,2-3,5,8-11,13-14H2,1H3,(H,22,25)(H,23,26). The third-order valence-electron chi connectivity index (χ3n) is 4.55. The maximum Gasteiger partial charge on any atom is 0.234 e. The summed E-state index contributed by atoms with van der Waals surface area (Å²) >= 11 is 3.17. The normalized spacial score (nSPS) is 13.0. The van der Waals surface area contributed by atoms with Gasteiger partial charge in [0, 0.05) is 23.5 Å². The molecular formula is C21H27N3O2S2. The van der Waals surface area contributed by atoms with Crippen molar-refractivity contribution in [2.24, 2.45) is 0 Å². The van der Waals surface area contributed by atoms with Crippen LogP contribution in [0.4, 0.5) is 5.69 Å². The SMILES string of the molecule is Cc1cccc(NC(=O)CSCC(=O)NCCCc2nc3c(s2)CCCC3)c1. The van der Waals surface area contributed by atoms with Gasteiger partial charge in [0.15, 0.2) is 0 Å². The molecule has 1 heterocycles. The van der Waals surface area contributed by atoms with Crippen molar-refractivity contribution < 1.29 is 9.59 Å². The van der Waals surface area contributed by atoms with Gasteiger partial charge in [-0.3, -0.25) is 9.59 Å². The second-order valence-corrected chi connectivity index (χ2v) is 9.20. The van der Waals surface area contributed by atoms with Crippen LogP contribution < -0.4 is 10.6 Å². The van der Waals surface area contributed by atoms with Crippen LogP contribution >= 0.6 is 23.1 Å². The van der Waals surface area contributed by atoms with Gasteiger partial charge in [-0.15, -0.1) is 23.1 Å². The topological polar surface area (TPSA) is 71.1 Å². The number of hydrogen-bond acceptors (Lipinski definition) is 5. The zero-order valence-electron chi connectivity index (χ0n) is 16.3. The van der Waals surface area contributed by atoms with E-state index in [0.717, 1.165) is 30.5 Å². The summed E-state index contributed by atoms with van der Waals surface area (Å²) in [6.45, 7) is 2.64. The van der Waals surface area contributed by atoms with E-state index in [-0.39, 0.29) is 17.6 Å². The Bertz CT molecular complexity index is 796. The van der Waals surface area contributed by atoms with E-state index in [4.69, 9.17) is 4.98 Å². The van der Waals surface area contributed by atoms with Crippen molar-refractivity contribution >= 4 is 40.6 Å². The van der Waals surface area contributed by atoms with Crippen LogP contribution in [0.2, 0.25) is 0 Å². The number of anilines is 1. The van der Waals surface area contributed by atoms with Gasteiger partial charge in [0.05, 0.1) is 22.2 Å². The molecule has 1 aromatic heterocycles. The summed E-state index contributed by atoms with van der Waals surface area (Å²) in [6, 6.07) is 7.68. The molecule has 0 aliphatic heterocycles. The van der Waals surface area contributed by atoms with Gasteiger partial charge in [-0.25, -0.2) is 4.98 Å². The molecule has 2 aromatic rings. The van der Waals surface area contributed by atoms with E-state index < -0.39 is 0 Å². The molecule has 0 atom stereocenters. The molecule has 3 rings (SSSR count). The molecule has 0 fully saturated rings. The van der Waals surface area contributed by atoms with Crippen molar-refractivity contribution in [1.29, 1.82) is 0 Å². The van der Waals surface area contributed by atoms with E-state index in [1.54, 1.807) is 0 Å². The Morgan fingerprint density at radius 2 is 2.00 bits per heavy atom. The Kier molecular flexibility index (Phi) is 7.91. The molecule has 0 radical (unpaired) electrons. The van der Waals surface area contributed by atoms with Crippen molar-refractivity contribution in [3.63, 3.8) is 0 Å². The van der Waals surface area contributed by atoms with Gasteiger partial charge in [-0.05, 0) is 56.7 Å². The fourth-order valence-electron chi connectivity index (χ4n) is 3.19. The summed E-state index contributed by atoms with van der Waals surface area (Å²) < 4.78 is 0. The van der Waals surface area contributed by atoms with Gasteiger partial charge >= 0.3 is 0 Å². The van der Waals surface area contributed by atoms with Crippen LogP contribution in [0.1, 0.15) is 40.4 Å². The third-order valence-corrected chi connectivity index (χ3v) is 6.70. The average Bonchev–Trinajstić information content (AvgIpc) is 3.08. The number of amides is 2. The molecular weight excluding hydrogens is 390 g/mol. The highest BCUT2D eigenvalue weighted by atomic mass is 32.2. The van der Waals surface area contributed by atoms with Gasteiger partial charge in [0.25, 0.3) is 0 Å². The minimum Gasteiger partial charge on any atom is -0.355 e. The Morgan fingerprint density at radius 3 is 2.82 bits per heavy atom. The largest absolute Gasteiger partial charge is 0.355 e. The van der Waals surface area contributed by atoms with Crippen LogP contribution in [0.15, 0.2) is 24.3 Å². The molecule has 0 saturated heterocycles. The van der Waals surface area contributed by atoms with Gasteiger partial charge in [-0.2, -0.15) is 0 Å². The van der Waals surface area contributed by atoms with E-state index in [0.29, 0.717) is 12.3 Å². The summed E-state index contributed by atoms with van der Waals surface area (Å²) in [6.07, 6.45) is 6.66. The molecule has 150 valence electrons. The number of carbonyl (C=O) groups is 2. The minimum absolute atomic E-state index is 0.0215. The molecule has 1 aromatic carbocycles. The molecule has 0 spiro atoms. The molecule has 1 aliphatic carbocycles. The summed E-state index contributed by atoms with van der Waals surface area (Å²) in [7, 11) is 0. The van der Waals surface area contributed by atoms with Gasteiger partial charge < -0.3 is 10.6 Å². The molecule has 2 N–H and O–H groups in total. The molecule has 5 nitrogen and oxygen atoms in total. The zero-order valence-corrected chi connectivity index (χ0v) is 17.9. The van der Waals surface area contributed by atoms with Gasteiger partial charge in [0.1, 0.15) is 0 Å². The zero-order chi connectivity index (χ0) is 19.8. The number of benzene rings is 1. The van der Waals surface area contributed by atoms with E-state index in [1.165, 1.54) is 46.6 Å². The lowest BCUT2D eigenvalue weighted by Gasteiger charge is -2.07. The number of carbonyl (C=O) groups excluding carboxylic acids is 2. The van der Waals surface area contributed by atoms with Gasteiger partial charge in [0.2, 0.25) is 11.8 Å². The van der Waals surface area contributed by atoms with Crippen molar-refractivity contribution in [3.05, 3.63) is 45.4 Å². The number of nitrogens with one attached hydrogen (secondary N) is 2. The minimum atomic E-state index is -0.0869. The highest BCUT2D eigenvalue weighted by Gasteiger charge is 2.14. The number of thiazole rings is 1.